The Morgan fingerprint density at radius 2 is 2.03 bits per heavy atom. The van der Waals surface area contributed by atoms with Crippen LogP contribution in [0.25, 0.3) is 33.4 Å². The van der Waals surface area contributed by atoms with Gasteiger partial charge in [0, 0.05) is 41.6 Å². The number of pyridine rings is 1. The molecule has 1 fully saturated rings. The molecule has 8 nitrogen and oxygen atoms in total. The number of nitrogens with one attached hydrogen (secondary N) is 1. The van der Waals surface area contributed by atoms with Crippen molar-refractivity contribution in [2.75, 3.05) is 37.8 Å². The molecule has 1 saturated heterocycles. The van der Waals surface area contributed by atoms with E-state index >= 15 is 4.39 Å². The second-order valence-electron chi connectivity index (χ2n) is 10.5. The summed E-state index contributed by atoms with van der Waals surface area (Å²) in [7, 11) is 0. The van der Waals surface area contributed by atoms with Crippen molar-refractivity contribution in [3.63, 3.8) is 0 Å². The van der Waals surface area contributed by atoms with Gasteiger partial charge in [-0.3, -0.25) is 10.1 Å². The molecule has 6 rings (SSSR count). The monoisotopic (exact) mass is 517 g/mol. The Labute approximate surface area is 220 Å². The van der Waals surface area contributed by atoms with E-state index in [1.807, 2.05) is 38.1 Å². The molecule has 1 atom stereocenters. The average Bonchev–Trinajstić information content (AvgIpc) is 3.33. The van der Waals surface area contributed by atoms with Gasteiger partial charge >= 0.3 is 0 Å². The molecule has 1 unspecified atom stereocenters. The number of anilines is 1. The smallest absolute Gasteiger partial charge is 0.143 e. The Kier molecular flexibility index (Phi) is 6.51. The largest absolute Gasteiger partial charge is 0.491 e. The second kappa shape index (κ2) is 9.98. The Morgan fingerprint density at radius 1 is 1.13 bits per heavy atom. The number of nitrogens with two attached hydrogens (primary N) is 1. The van der Waals surface area contributed by atoms with E-state index < -0.39 is 5.54 Å². The quantitative estimate of drug-likeness (QED) is 0.399. The van der Waals surface area contributed by atoms with E-state index in [-0.39, 0.29) is 18.5 Å². The molecule has 0 aliphatic carbocycles. The third kappa shape index (κ3) is 4.73. The van der Waals surface area contributed by atoms with E-state index in [9.17, 15) is 0 Å². The molecule has 2 aliphatic rings. The van der Waals surface area contributed by atoms with Crippen LogP contribution in [0.4, 0.5) is 10.1 Å². The lowest BCUT2D eigenvalue weighted by Gasteiger charge is -2.40. The van der Waals surface area contributed by atoms with Crippen LogP contribution >= 0.6 is 0 Å². The summed E-state index contributed by atoms with van der Waals surface area (Å²) in [6, 6.07) is 13.1. The number of nitrogens with zero attached hydrogens (tertiary/aromatic N) is 3. The minimum absolute atomic E-state index is 0.0954. The van der Waals surface area contributed by atoms with E-state index in [2.05, 4.69) is 26.1 Å². The number of hydrogen-bond donors (Lipinski definition) is 2. The normalized spacial score (nSPS) is 18.5. The van der Waals surface area contributed by atoms with Crippen molar-refractivity contribution in [3.05, 3.63) is 60.0 Å². The average molecular weight is 518 g/mol. The van der Waals surface area contributed by atoms with Gasteiger partial charge in [-0.1, -0.05) is 18.2 Å². The standard InChI is InChI=1S/C29H32FN5O3/c1-29(2,31)26-16-35(9-12-38-26)24-8-7-18-13-25(24)37-11-4-10-36-17-19-5-3-6-21(30)27(19)22-14-20-23(15-32-22)33-34-28(18)20/h3,5-8,13-15,26H,4,9-12,16-17,31H2,1-2H3,(H,33,34). The molecule has 4 heterocycles. The van der Waals surface area contributed by atoms with Crippen LogP contribution in [0.5, 0.6) is 5.75 Å². The van der Waals surface area contributed by atoms with E-state index in [0.717, 1.165) is 45.7 Å². The number of fused-ring (bicyclic) bond motifs is 6. The summed E-state index contributed by atoms with van der Waals surface area (Å²) in [5.74, 6) is 0.444. The van der Waals surface area contributed by atoms with Gasteiger partial charge in [-0.2, -0.15) is 5.10 Å². The number of halogens is 1. The molecule has 4 bridgehead atoms. The maximum atomic E-state index is 15.0. The number of hydrogen-bond acceptors (Lipinski definition) is 7. The van der Waals surface area contributed by atoms with Crippen LogP contribution < -0.4 is 15.4 Å². The van der Waals surface area contributed by atoms with Crippen molar-refractivity contribution in [1.29, 1.82) is 0 Å². The van der Waals surface area contributed by atoms with Crippen LogP contribution in [0.15, 0.2) is 48.7 Å². The molecule has 9 heteroatoms. The highest BCUT2D eigenvalue weighted by Gasteiger charge is 2.32. The molecule has 4 aromatic rings. The zero-order chi connectivity index (χ0) is 26.3. The van der Waals surface area contributed by atoms with E-state index in [4.69, 9.17) is 19.9 Å². The van der Waals surface area contributed by atoms with E-state index in [1.54, 1.807) is 12.3 Å². The predicted octanol–water partition coefficient (Wildman–Crippen LogP) is 4.67. The molecular formula is C29H32FN5O3. The van der Waals surface area contributed by atoms with Crippen LogP contribution in [0.1, 0.15) is 25.8 Å². The first kappa shape index (κ1) is 24.8. The molecular weight excluding hydrogens is 485 g/mol. The molecule has 0 radical (unpaired) electrons. The summed E-state index contributed by atoms with van der Waals surface area (Å²) in [5, 5.41) is 8.52. The maximum absolute atomic E-state index is 15.0. The van der Waals surface area contributed by atoms with Crippen LogP contribution in [0.3, 0.4) is 0 Å². The van der Waals surface area contributed by atoms with Gasteiger partial charge in [-0.05, 0) is 43.7 Å². The Balaban J connectivity index is 1.44. The molecule has 2 aliphatic heterocycles. The molecule has 0 saturated carbocycles. The minimum Gasteiger partial charge on any atom is -0.491 e. The van der Waals surface area contributed by atoms with Gasteiger partial charge in [-0.25, -0.2) is 4.39 Å². The molecule has 198 valence electrons. The fourth-order valence-corrected chi connectivity index (χ4v) is 5.13. The first-order valence-corrected chi connectivity index (χ1v) is 13.0. The van der Waals surface area contributed by atoms with E-state index in [1.165, 1.54) is 6.07 Å². The number of morpholine rings is 1. The highest BCUT2D eigenvalue weighted by Crippen LogP contribution is 2.38. The number of aromatic nitrogens is 3. The Bertz CT molecular complexity index is 1460. The van der Waals surface area contributed by atoms with E-state index in [0.29, 0.717) is 44.0 Å². The van der Waals surface area contributed by atoms with Crippen molar-refractivity contribution in [2.24, 2.45) is 5.73 Å². The van der Waals surface area contributed by atoms with Crippen molar-refractivity contribution in [3.8, 4) is 28.3 Å². The topological polar surface area (TPSA) is 98.5 Å². The summed E-state index contributed by atoms with van der Waals surface area (Å²) < 4.78 is 33.3. The zero-order valence-corrected chi connectivity index (χ0v) is 21.7. The number of benzene rings is 2. The summed E-state index contributed by atoms with van der Waals surface area (Å²) in [5.41, 5.74) is 11.1. The Hall–Kier alpha value is -3.53. The van der Waals surface area contributed by atoms with Crippen molar-refractivity contribution < 1.29 is 18.6 Å². The maximum Gasteiger partial charge on any atom is 0.143 e. The fourth-order valence-electron chi connectivity index (χ4n) is 5.13. The number of aromatic amines is 1. The summed E-state index contributed by atoms with van der Waals surface area (Å²) in [6.07, 6.45) is 2.29. The van der Waals surface area contributed by atoms with Gasteiger partial charge in [0.25, 0.3) is 0 Å². The van der Waals surface area contributed by atoms with Crippen molar-refractivity contribution >= 4 is 16.6 Å². The third-order valence-corrected chi connectivity index (χ3v) is 7.22. The van der Waals surface area contributed by atoms with Crippen LogP contribution in [-0.4, -0.2) is 59.7 Å². The predicted molar refractivity (Wildman–Crippen MR) is 145 cm³/mol. The molecule has 0 amide bonds. The van der Waals surface area contributed by atoms with Crippen LogP contribution in [0, 0.1) is 5.82 Å². The van der Waals surface area contributed by atoms with Gasteiger partial charge in [0.05, 0.1) is 55.6 Å². The zero-order valence-electron chi connectivity index (χ0n) is 21.7. The lowest BCUT2D eigenvalue weighted by Crippen LogP contribution is -2.56. The first-order valence-electron chi connectivity index (χ1n) is 13.0. The lowest BCUT2D eigenvalue weighted by atomic mass is 9.97. The van der Waals surface area contributed by atoms with Gasteiger partial charge in [0.1, 0.15) is 17.3 Å². The molecule has 2 aromatic carbocycles. The van der Waals surface area contributed by atoms with Crippen molar-refractivity contribution in [1.82, 2.24) is 15.2 Å². The van der Waals surface area contributed by atoms with Crippen LogP contribution in [-0.2, 0) is 16.1 Å². The molecule has 38 heavy (non-hydrogen) atoms. The Morgan fingerprint density at radius 3 is 2.89 bits per heavy atom. The van der Waals surface area contributed by atoms with Gasteiger partial charge in [0.15, 0.2) is 0 Å². The minimum atomic E-state index is -0.458. The van der Waals surface area contributed by atoms with Crippen LogP contribution in [0.2, 0.25) is 0 Å². The molecule has 2 aromatic heterocycles. The van der Waals surface area contributed by atoms with Gasteiger partial charge in [-0.15, -0.1) is 0 Å². The number of H-pyrrole nitrogens is 1. The summed E-state index contributed by atoms with van der Waals surface area (Å²) >= 11 is 0. The number of ether oxygens (including phenoxy) is 3. The first-order chi connectivity index (χ1) is 18.4. The highest BCUT2D eigenvalue weighted by atomic mass is 19.1. The molecule has 3 N–H and O–H groups in total. The fraction of sp³-hybridized carbons (Fsp3) is 0.379. The highest BCUT2D eigenvalue weighted by molar-refractivity contribution is 5.95. The summed E-state index contributed by atoms with van der Waals surface area (Å²) in [6.45, 7) is 7.25. The van der Waals surface area contributed by atoms with Gasteiger partial charge in [0.2, 0.25) is 0 Å². The SMILES string of the molecule is CC(C)(N)C1CN(c2ccc3cc2OCCCOCc2cccc(F)c2-c2cc4c-3n[nH]c4cn2)CCO1. The van der Waals surface area contributed by atoms with Crippen molar-refractivity contribution in [2.45, 2.75) is 38.5 Å². The second-order valence-corrected chi connectivity index (χ2v) is 10.5. The lowest BCUT2D eigenvalue weighted by molar-refractivity contribution is -0.000354. The number of rotatable bonds is 2. The van der Waals surface area contributed by atoms with Gasteiger partial charge < -0.3 is 24.8 Å². The molecule has 0 spiro atoms. The third-order valence-electron chi connectivity index (χ3n) is 7.22. The summed E-state index contributed by atoms with van der Waals surface area (Å²) in [4.78, 5) is 6.82.